The van der Waals surface area contributed by atoms with Crippen molar-refractivity contribution in [1.29, 1.82) is 0 Å². The summed E-state index contributed by atoms with van der Waals surface area (Å²) in [6, 6.07) is 1.70. The van der Waals surface area contributed by atoms with Gasteiger partial charge in [0.1, 0.15) is 11.9 Å². The van der Waals surface area contributed by atoms with Crippen LogP contribution in [0.4, 0.5) is 4.39 Å². The Morgan fingerprint density at radius 1 is 1.56 bits per heavy atom. The van der Waals surface area contributed by atoms with Gasteiger partial charge in [0.15, 0.2) is 0 Å². The molecule has 96 valence electrons. The topological polar surface area (TPSA) is 88.5 Å². The number of hydrogen-bond acceptors (Lipinski definition) is 3. The second-order valence-corrected chi connectivity index (χ2v) is 4.24. The maximum atomic E-state index is 13.8. The summed E-state index contributed by atoms with van der Waals surface area (Å²) in [5.74, 6) is -1.67. The molecule has 0 bridgehead atoms. The number of carboxylic acid groups (broad SMARTS) is 1. The summed E-state index contributed by atoms with van der Waals surface area (Å²) < 4.78 is 14.6. The fourth-order valence-electron chi connectivity index (χ4n) is 2.03. The second kappa shape index (κ2) is 4.30. The molecule has 2 aromatic rings. The first kappa shape index (κ1) is 12.4. The molecule has 5 nitrogen and oxygen atoms in total. The Morgan fingerprint density at radius 2 is 2.22 bits per heavy atom. The zero-order valence-corrected chi connectivity index (χ0v) is 9.72. The van der Waals surface area contributed by atoms with Gasteiger partial charge in [0.2, 0.25) is 0 Å². The highest BCUT2D eigenvalue weighted by atomic mass is 19.1. The molecule has 0 aliphatic carbocycles. The molecule has 1 aromatic heterocycles. The summed E-state index contributed by atoms with van der Waals surface area (Å²) in [6.07, 6.45) is 1.25. The average Bonchev–Trinajstić information content (AvgIpc) is 2.62. The van der Waals surface area contributed by atoms with Crippen molar-refractivity contribution in [3.63, 3.8) is 0 Å². The first-order valence-electron chi connectivity index (χ1n) is 5.38. The van der Waals surface area contributed by atoms with Crippen LogP contribution in [0.1, 0.15) is 11.1 Å². The predicted octanol–water partition coefficient (Wildman–Crippen LogP) is 1.28. The van der Waals surface area contributed by atoms with Gasteiger partial charge in [0.25, 0.3) is 0 Å². The average molecular weight is 252 g/mol. The summed E-state index contributed by atoms with van der Waals surface area (Å²) in [5, 5.41) is 18.7. The van der Waals surface area contributed by atoms with Crippen molar-refractivity contribution in [3.05, 3.63) is 35.3 Å². The number of aryl methyl sites for hydroxylation is 1. The number of fused-ring (bicyclic) bond motifs is 1. The maximum absolute atomic E-state index is 13.8. The monoisotopic (exact) mass is 252 g/mol. The van der Waals surface area contributed by atoms with E-state index in [2.05, 4.69) is 0 Å². The van der Waals surface area contributed by atoms with Crippen LogP contribution in [0.2, 0.25) is 0 Å². The van der Waals surface area contributed by atoms with Crippen LogP contribution in [0.3, 0.4) is 0 Å². The fraction of sp³-hybridized carbons (Fsp3) is 0.250. The largest absolute Gasteiger partial charge is 0.480 e. The Kier molecular flexibility index (Phi) is 2.96. The van der Waals surface area contributed by atoms with Crippen LogP contribution in [0, 0.1) is 12.7 Å². The van der Waals surface area contributed by atoms with Crippen molar-refractivity contribution in [2.24, 2.45) is 5.73 Å². The number of hydrogen-bond donors (Lipinski definition) is 3. The van der Waals surface area contributed by atoms with Gasteiger partial charge in [-0.1, -0.05) is 6.07 Å². The van der Waals surface area contributed by atoms with Gasteiger partial charge < -0.3 is 16.0 Å². The van der Waals surface area contributed by atoms with Gasteiger partial charge in [-0.3, -0.25) is 4.79 Å². The Balaban J connectivity index is 2.59. The lowest BCUT2D eigenvalue weighted by molar-refractivity contribution is -0.138. The third-order valence-corrected chi connectivity index (χ3v) is 2.91. The zero-order chi connectivity index (χ0) is 13.4. The number of benzene rings is 1. The first-order chi connectivity index (χ1) is 8.41. The van der Waals surface area contributed by atoms with E-state index in [9.17, 15) is 14.4 Å². The number of rotatable bonds is 3. The smallest absolute Gasteiger partial charge is 0.320 e. The molecular weight excluding hydrogens is 239 g/mol. The molecule has 6 heteroatoms. The molecular formula is C12H13FN2O3. The minimum atomic E-state index is -1.16. The van der Waals surface area contributed by atoms with Gasteiger partial charge in [-0.25, -0.2) is 4.39 Å². The zero-order valence-electron chi connectivity index (χ0n) is 9.72. The van der Waals surface area contributed by atoms with Crippen LogP contribution in [0.25, 0.3) is 10.9 Å². The highest BCUT2D eigenvalue weighted by Crippen LogP contribution is 2.27. The van der Waals surface area contributed by atoms with E-state index in [4.69, 9.17) is 10.8 Å². The highest BCUT2D eigenvalue weighted by Gasteiger charge is 2.19. The molecule has 4 N–H and O–H groups in total. The third kappa shape index (κ3) is 1.91. The van der Waals surface area contributed by atoms with Crippen molar-refractivity contribution in [1.82, 2.24) is 4.73 Å². The molecule has 1 heterocycles. The van der Waals surface area contributed by atoms with E-state index in [1.165, 1.54) is 12.3 Å². The third-order valence-electron chi connectivity index (χ3n) is 2.91. The first-order valence-corrected chi connectivity index (χ1v) is 5.38. The second-order valence-electron chi connectivity index (χ2n) is 4.24. The molecule has 0 radical (unpaired) electrons. The van der Waals surface area contributed by atoms with Crippen LogP contribution in [0.15, 0.2) is 18.3 Å². The van der Waals surface area contributed by atoms with Crippen molar-refractivity contribution < 1.29 is 19.5 Å². The van der Waals surface area contributed by atoms with Crippen LogP contribution in [0.5, 0.6) is 0 Å². The molecule has 0 amide bonds. The van der Waals surface area contributed by atoms with Gasteiger partial charge in [-0.2, -0.15) is 4.73 Å². The van der Waals surface area contributed by atoms with E-state index in [0.717, 1.165) is 4.73 Å². The lowest BCUT2D eigenvalue weighted by Crippen LogP contribution is -2.32. The minimum absolute atomic E-state index is 0.0419. The highest BCUT2D eigenvalue weighted by molar-refractivity contribution is 5.87. The van der Waals surface area contributed by atoms with Crippen molar-refractivity contribution in [2.45, 2.75) is 19.4 Å². The number of aliphatic carboxylic acids is 1. The van der Waals surface area contributed by atoms with Gasteiger partial charge in [-0.15, -0.1) is 0 Å². The fourth-order valence-corrected chi connectivity index (χ4v) is 2.03. The Hall–Kier alpha value is -2.08. The maximum Gasteiger partial charge on any atom is 0.320 e. The number of aromatic nitrogens is 1. The van der Waals surface area contributed by atoms with E-state index in [-0.39, 0.29) is 11.8 Å². The standard InChI is InChI=1S/C12H13FN2O3/c1-6-2-3-8(13)10-7(4-9(14)12(16)17)5-15(18)11(6)10/h2-3,5,9,18H,4,14H2,1H3,(H,16,17). The quantitative estimate of drug-likeness (QED) is 0.718. The van der Waals surface area contributed by atoms with Gasteiger partial charge in [0.05, 0.1) is 5.52 Å². The molecule has 1 unspecified atom stereocenters. The van der Waals surface area contributed by atoms with Crippen LogP contribution >= 0.6 is 0 Å². The van der Waals surface area contributed by atoms with Gasteiger partial charge >= 0.3 is 5.97 Å². The summed E-state index contributed by atoms with van der Waals surface area (Å²) in [4.78, 5) is 10.7. The molecule has 0 aliphatic heterocycles. The SMILES string of the molecule is Cc1ccc(F)c2c(CC(N)C(=O)O)cn(O)c12. The Labute approximate surface area is 102 Å². The van der Waals surface area contributed by atoms with Crippen LogP contribution in [-0.2, 0) is 11.2 Å². The summed E-state index contributed by atoms with van der Waals surface area (Å²) in [5.41, 5.74) is 6.84. The number of carboxylic acids is 1. The van der Waals surface area contributed by atoms with E-state index in [1.54, 1.807) is 13.0 Å². The van der Waals surface area contributed by atoms with E-state index < -0.39 is 17.8 Å². The number of nitrogens with zero attached hydrogens (tertiary/aromatic N) is 1. The van der Waals surface area contributed by atoms with Crippen LogP contribution in [-0.4, -0.2) is 27.1 Å². The van der Waals surface area contributed by atoms with E-state index in [0.29, 0.717) is 16.6 Å². The number of carbonyl (C=O) groups is 1. The van der Waals surface area contributed by atoms with E-state index >= 15 is 0 Å². The summed E-state index contributed by atoms with van der Waals surface area (Å²) in [6.45, 7) is 1.73. The molecule has 0 aliphatic rings. The number of nitrogens with two attached hydrogens (primary N) is 1. The Bertz CT molecular complexity index is 621. The van der Waals surface area contributed by atoms with Gasteiger partial charge in [-0.05, 0) is 24.1 Å². The molecule has 0 spiro atoms. The summed E-state index contributed by atoms with van der Waals surface area (Å²) >= 11 is 0. The molecule has 2 rings (SSSR count). The molecule has 0 fully saturated rings. The molecule has 1 atom stereocenters. The van der Waals surface area contributed by atoms with Gasteiger partial charge in [0, 0.05) is 18.0 Å². The lowest BCUT2D eigenvalue weighted by atomic mass is 10.0. The molecule has 18 heavy (non-hydrogen) atoms. The predicted molar refractivity (Wildman–Crippen MR) is 63.1 cm³/mol. The van der Waals surface area contributed by atoms with E-state index in [1.807, 2.05) is 0 Å². The normalized spacial score (nSPS) is 12.8. The van der Waals surface area contributed by atoms with Crippen molar-refractivity contribution in [3.8, 4) is 0 Å². The minimum Gasteiger partial charge on any atom is -0.480 e. The van der Waals surface area contributed by atoms with Crippen LogP contribution < -0.4 is 5.73 Å². The molecule has 0 saturated heterocycles. The van der Waals surface area contributed by atoms with Crippen molar-refractivity contribution in [2.75, 3.05) is 0 Å². The molecule has 0 saturated carbocycles. The number of halogens is 1. The van der Waals surface area contributed by atoms with Crippen molar-refractivity contribution >= 4 is 16.9 Å². The molecule has 1 aromatic carbocycles. The Morgan fingerprint density at radius 3 is 2.83 bits per heavy atom. The summed E-state index contributed by atoms with van der Waals surface area (Å²) in [7, 11) is 0. The lowest BCUT2D eigenvalue weighted by Gasteiger charge is -2.05.